The van der Waals surface area contributed by atoms with Gasteiger partial charge in [-0.05, 0) is 96.7 Å². The summed E-state index contributed by atoms with van der Waals surface area (Å²) in [6.07, 6.45) is 8.90. The number of carboxylic acids is 1. The second-order valence-electron chi connectivity index (χ2n) is 19.1. The zero-order valence-electron chi connectivity index (χ0n) is 32.5. The molecule has 1 saturated heterocycles. The summed E-state index contributed by atoms with van der Waals surface area (Å²) < 4.78 is 18.9. The largest absolute Gasteiger partial charge is 0.481 e. The molecule has 12 atom stereocenters. The Morgan fingerprint density at radius 1 is 1.10 bits per heavy atom. The van der Waals surface area contributed by atoms with E-state index in [4.69, 9.17) is 25.0 Å². The monoisotopic (exact) mass is 696 g/mol. The average Bonchev–Trinajstić information content (AvgIpc) is 3.54. The minimum absolute atomic E-state index is 0.172. The molecule has 0 radical (unpaired) electrons. The lowest BCUT2D eigenvalue weighted by atomic mass is 9.34. The number of allylic oxidation sites excluding steroid dienone is 1. The number of rotatable bonds is 9. The zero-order chi connectivity index (χ0) is 36.8. The molecule has 1 aromatic rings. The average molecular weight is 697 g/mol. The highest BCUT2D eigenvalue weighted by Gasteiger charge is 2.72. The van der Waals surface area contributed by atoms with Gasteiger partial charge in [0.05, 0.1) is 51.2 Å². The molecule has 0 aromatic carbocycles. The van der Waals surface area contributed by atoms with Crippen LogP contribution in [0.1, 0.15) is 124 Å². The molecule has 1 aliphatic heterocycles. The van der Waals surface area contributed by atoms with Gasteiger partial charge in [-0.15, -0.1) is 5.10 Å². The van der Waals surface area contributed by atoms with Crippen molar-refractivity contribution < 1.29 is 28.9 Å². The van der Waals surface area contributed by atoms with Crippen molar-refractivity contribution >= 4 is 11.9 Å². The van der Waals surface area contributed by atoms with Gasteiger partial charge >= 0.3 is 11.9 Å². The fourth-order valence-electron chi connectivity index (χ4n) is 12.1. The van der Waals surface area contributed by atoms with Crippen LogP contribution in [0.4, 0.5) is 0 Å². The maximum Gasteiger partial charge on any atom is 0.360 e. The molecule has 1 aromatic heterocycles. The summed E-state index contributed by atoms with van der Waals surface area (Å²) in [5.41, 5.74) is 6.23. The van der Waals surface area contributed by atoms with Gasteiger partial charge < -0.3 is 25.1 Å². The van der Waals surface area contributed by atoms with Crippen LogP contribution in [0.15, 0.2) is 17.8 Å². The number of aromatic nitrogens is 3. The third kappa shape index (κ3) is 5.19. The van der Waals surface area contributed by atoms with Gasteiger partial charge in [-0.25, -0.2) is 4.79 Å². The number of ether oxygens (including phenoxy) is 3. The lowest BCUT2D eigenvalue weighted by Crippen LogP contribution is -2.70. The maximum atomic E-state index is 13.5. The molecule has 4 fully saturated rings. The highest BCUT2D eigenvalue weighted by Crippen LogP contribution is 2.75. The molecule has 2 bridgehead atoms. The van der Waals surface area contributed by atoms with Crippen LogP contribution in [0, 0.1) is 62.6 Å². The van der Waals surface area contributed by atoms with E-state index < -0.39 is 34.2 Å². The number of esters is 1. The van der Waals surface area contributed by atoms with Crippen molar-refractivity contribution in [3.05, 3.63) is 23.5 Å². The minimum atomic E-state index is -0.660. The smallest absolute Gasteiger partial charge is 0.360 e. The number of methoxy groups -OCH3 is 1. The summed E-state index contributed by atoms with van der Waals surface area (Å²) in [6, 6.07) is -0.268. The highest BCUT2D eigenvalue weighted by atomic mass is 16.5. The molecule has 3 N–H and O–H groups in total. The SMILES string of the molecule is COC(=O)c1cnn([C@@H]2C[C@]3(C)COC[C@@]4(C5=CC[C@@]6(C)[C@H](C(=O)O)[C@@](C)([C@H](C)C(C)C)CC[C@]6(C)[C@H]5CC[C@H]34)[C@H]2OC[C@](C)(N)C(C)C)n1. The summed E-state index contributed by atoms with van der Waals surface area (Å²) in [7, 11) is 1.35. The summed E-state index contributed by atoms with van der Waals surface area (Å²) in [4.78, 5) is 27.8. The molecule has 0 unspecified atom stereocenters. The van der Waals surface area contributed by atoms with Gasteiger partial charge in [0, 0.05) is 11.0 Å². The maximum absolute atomic E-state index is 13.5. The number of carboxylic acid groups (broad SMARTS) is 1. The van der Waals surface area contributed by atoms with Crippen LogP contribution in [-0.2, 0) is 19.0 Å². The van der Waals surface area contributed by atoms with Crippen molar-refractivity contribution in [2.24, 2.45) is 68.3 Å². The van der Waals surface area contributed by atoms with E-state index in [0.29, 0.717) is 38.1 Å². The van der Waals surface area contributed by atoms with Crippen LogP contribution in [-0.4, -0.2) is 70.6 Å². The van der Waals surface area contributed by atoms with E-state index >= 15 is 0 Å². The summed E-state index contributed by atoms with van der Waals surface area (Å²) in [5, 5.41) is 20.5. The van der Waals surface area contributed by atoms with Crippen LogP contribution >= 0.6 is 0 Å². The topological polar surface area (TPSA) is 139 Å². The van der Waals surface area contributed by atoms with E-state index in [1.54, 1.807) is 4.80 Å². The van der Waals surface area contributed by atoms with E-state index in [2.05, 4.69) is 73.5 Å². The Labute approximate surface area is 299 Å². The molecular weight excluding hydrogens is 632 g/mol. The van der Waals surface area contributed by atoms with E-state index in [1.807, 2.05) is 6.92 Å². The standard InChI is InChI=1S/C40H64N4O6/c1-23(2)25(5)36(7)16-17-37(8)26-12-13-30-35(6)18-29(44-42-19-28(43-44)34(47)48-11)32(50-21-39(10,41)24(3)4)40(30,22-49-20-35)27(26)14-15-38(37,9)31(36)33(45)46/h14,19,23-26,29-32H,12-13,15-18,20-22,41H2,1-11H3,(H,45,46)/t25-,26+,29-,30-,31-,32+,35-,36-,37-,38+,39+,40+/m1/s1. The van der Waals surface area contributed by atoms with E-state index in [0.717, 1.165) is 32.1 Å². The lowest BCUT2D eigenvalue weighted by Gasteiger charge is -2.71. The Hall–Kier alpha value is -2.30. The number of carbonyl (C=O) groups excluding carboxylic acids is 1. The van der Waals surface area contributed by atoms with Crippen molar-refractivity contribution in [1.29, 1.82) is 0 Å². The van der Waals surface area contributed by atoms with Crippen molar-refractivity contribution in [1.82, 2.24) is 15.0 Å². The van der Waals surface area contributed by atoms with Gasteiger partial charge in [-0.3, -0.25) is 4.79 Å². The van der Waals surface area contributed by atoms with Gasteiger partial charge in [-0.1, -0.05) is 74.0 Å². The highest BCUT2D eigenvalue weighted by molar-refractivity contribution is 5.86. The van der Waals surface area contributed by atoms with E-state index in [-0.39, 0.29) is 51.8 Å². The van der Waals surface area contributed by atoms with Gasteiger partial charge in [0.2, 0.25) is 0 Å². The second kappa shape index (κ2) is 12.4. The Bertz CT molecular complexity index is 1520. The van der Waals surface area contributed by atoms with E-state index in [9.17, 15) is 14.7 Å². The molecule has 0 spiro atoms. The van der Waals surface area contributed by atoms with Gasteiger partial charge in [0.25, 0.3) is 0 Å². The summed E-state index contributed by atoms with van der Waals surface area (Å²) >= 11 is 0. The first kappa shape index (κ1) is 37.5. The van der Waals surface area contributed by atoms with Crippen LogP contribution in [0.5, 0.6) is 0 Å². The van der Waals surface area contributed by atoms with Crippen LogP contribution in [0.3, 0.4) is 0 Å². The minimum Gasteiger partial charge on any atom is -0.481 e. The van der Waals surface area contributed by atoms with E-state index in [1.165, 1.54) is 18.9 Å². The molecule has 280 valence electrons. The third-order valence-corrected chi connectivity index (χ3v) is 16.1. The number of hydrogen-bond acceptors (Lipinski definition) is 8. The Morgan fingerprint density at radius 3 is 2.42 bits per heavy atom. The van der Waals surface area contributed by atoms with Crippen molar-refractivity contribution in [3.8, 4) is 0 Å². The molecule has 3 saturated carbocycles. The number of nitrogens with two attached hydrogens (primary N) is 1. The Morgan fingerprint density at radius 2 is 1.80 bits per heavy atom. The molecular formula is C40H64N4O6. The first-order chi connectivity index (χ1) is 23.2. The number of fused-ring (bicyclic) bond motifs is 3. The Balaban J connectivity index is 1.52. The summed E-state index contributed by atoms with van der Waals surface area (Å²) in [6.45, 7) is 23.8. The normalized spacial score (nSPS) is 42.8. The van der Waals surface area contributed by atoms with Crippen molar-refractivity contribution in [3.63, 3.8) is 0 Å². The fraction of sp³-hybridized carbons (Fsp3) is 0.850. The van der Waals surface area contributed by atoms with Crippen molar-refractivity contribution in [2.45, 2.75) is 125 Å². The molecule has 6 rings (SSSR count). The molecule has 2 heterocycles. The number of carbonyl (C=O) groups is 2. The van der Waals surface area contributed by atoms with Gasteiger partial charge in [0.15, 0.2) is 5.69 Å². The molecule has 10 heteroatoms. The van der Waals surface area contributed by atoms with Gasteiger partial charge in [-0.2, -0.15) is 9.90 Å². The third-order valence-electron chi connectivity index (χ3n) is 16.1. The zero-order valence-corrected chi connectivity index (χ0v) is 32.5. The Kier molecular flexibility index (Phi) is 9.29. The van der Waals surface area contributed by atoms with Crippen molar-refractivity contribution in [2.75, 3.05) is 26.9 Å². The lowest BCUT2D eigenvalue weighted by molar-refractivity contribution is -0.255. The number of nitrogens with zero attached hydrogens (tertiary/aromatic N) is 3. The van der Waals surface area contributed by atoms with Crippen LogP contribution in [0.2, 0.25) is 0 Å². The molecule has 50 heavy (non-hydrogen) atoms. The van der Waals surface area contributed by atoms with Gasteiger partial charge in [0.1, 0.15) is 0 Å². The first-order valence-electron chi connectivity index (χ1n) is 19.2. The molecule has 4 aliphatic carbocycles. The second-order valence-corrected chi connectivity index (χ2v) is 19.1. The van der Waals surface area contributed by atoms with Crippen LogP contribution < -0.4 is 5.73 Å². The number of aliphatic carboxylic acids is 1. The molecule has 5 aliphatic rings. The predicted molar refractivity (Wildman–Crippen MR) is 191 cm³/mol. The number of hydrogen-bond donors (Lipinski definition) is 2. The predicted octanol–water partition coefficient (Wildman–Crippen LogP) is 6.95. The fourth-order valence-corrected chi connectivity index (χ4v) is 12.1. The summed E-state index contributed by atoms with van der Waals surface area (Å²) in [5.74, 6) is -0.319. The molecule has 10 nitrogen and oxygen atoms in total. The first-order valence-corrected chi connectivity index (χ1v) is 19.2. The van der Waals surface area contributed by atoms with Crippen LogP contribution in [0.25, 0.3) is 0 Å². The molecule has 0 amide bonds. The quantitative estimate of drug-likeness (QED) is 0.207.